The predicted molar refractivity (Wildman–Crippen MR) is 84.3 cm³/mol. The van der Waals surface area contributed by atoms with Crippen LogP contribution in [-0.2, 0) is 11.2 Å². The largest absolute Gasteiger partial charge is 0.332 e. The number of nitrogens with one attached hydrogen (secondary N) is 2. The molecular weight excluding hydrogens is 256 g/mol. The third kappa shape index (κ3) is 5.83. The molecule has 1 amide bonds. The zero-order valence-corrected chi connectivity index (χ0v) is 12.6. The molecule has 1 rings (SSSR count). The van der Waals surface area contributed by atoms with E-state index in [4.69, 9.17) is 12.2 Å². The van der Waals surface area contributed by atoms with E-state index in [2.05, 4.69) is 29.7 Å². The fourth-order valence-corrected chi connectivity index (χ4v) is 1.77. The molecule has 0 bridgehead atoms. The van der Waals surface area contributed by atoms with E-state index in [1.807, 2.05) is 26.0 Å². The summed E-state index contributed by atoms with van der Waals surface area (Å²) in [6.45, 7) is 5.85. The first-order valence-electron chi connectivity index (χ1n) is 6.73. The van der Waals surface area contributed by atoms with Gasteiger partial charge < -0.3 is 10.6 Å². The molecule has 1 aromatic carbocycles. The Hall–Kier alpha value is -1.42. The molecule has 0 spiro atoms. The van der Waals surface area contributed by atoms with Crippen LogP contribution in [0.4, 0.5) is 5.69 Å². The number of unbranched alkanes of at least 4 members (excludes halogenated alkanes) is 1. The van der Waals surface area contributed by atoms with Gasteiger partial charge in [-0.15, -0.1) is 0 Å². The van der Waals surface area contributed by atoms with Crippen molar-refractivity contribution in [1.29, 1.82) is 0 Å². The van der Waals surface area contributed by atoms with Gasteiger partial charge in [0.1, 0.15) is 0 Å². The maximum atomic E-state index is 11.5. The first kappa shape index (κ1) is 15.6. The summed E-state index contributed by atoms with van der Waals surface area (Å²) in [5.74, 6) is -0.145. The van der Waals surface area contributed by atoms with Gasteiger partial charge >= 0.3 is 0 Å². The summed E-state index contributed by atoms with van der Waals surface area (Å²) in [6, 6.07) is 8.15. The van der Waals surface area contributed by atoms with Crippen molar-refractivity contribution in [3.8, 4) is 0 Å². The molecule has 0 heterocycles. The normalized spacial score (nSPS) is 10.3. The number of aryl methyl sites for hydroxylation is 1. The maximum Gasteiger partial charge on any atom is 0.228 e. The number of anilines is 1. The smallest absolute Gasteiger partial charge is 0.228 e. The Morgan fingerprint density at radius 2 is 1.89 bits per heavy atom. The van der Waals surface area contributed by atoms with Crippen molar-refractivity contribution in [1.82, 2.24) is 5.32 Å². The van der Waals surface area contributed by atoms with Crippen LogP contribution in [0.5, 0.6) is 0 Å². The topological polar surface area (TPSA) is 41.1 Å². The Balaban J connectivity index is 2.48. The monoisotopic (exact) mass is 278 g/mol. The molecule has 1 aromatic rings. The highest BCUT2D eigenvalue weighted by molar-refractivity contribution is 7.80. The van der Waals surface area contributed by atoms with E-state index in [-0.39, 0.29) is 11.8 Å². The van der Waals surface area contributed by atoms with Crippen LogP contribution in [0.2, 0.25) is 0 Å². The lowest BCUT2D eigenvalue weighted by Crippen LogP contribution is -2.36. The van der Waals surface area contributed by atoms with E-state index in [1.54, 1.807) is 0 Å². The van der Waals surface area contributed by atoms with Gasteiger partial charge in [0.05, 0.1) is 0 Å². The quantitative estimate of drug-likeness (QED) is 0.810. The van der Waals surface area contributed by atoms with Crippen molar-refractivity contribution in [3.63, 3.8) is 0 Å². The van der Waals surface area contributed by atoms with Crippen LogP contribution in [0.1, 0.15) is 39.2 Å². The van der Waals surface area contributed by atoms with E-state index < -0.39 is 0 Å². The Kier molecular flexibility index (Phi) is 6.50. The Labute approximate surface area is 120 Å². The molecule has 0 aliphatic rings. The number of carbonyl (C=O) groups is 1. The zero-order chi connectivity index (χ0) is 14.3. The van der Waals surface area contributed by atoms with Gasteiger partial charge in [0.2, 0.25) is 5.91 Å². The Bertz CT molecular complexity index is 426. The van der Waals surface area contributed by atoms with Gasteiger partial charge in [-0.2, -0.15) is 0 Å². The molecular formula is C15H22N2OS. The number of carbonyl (C=O) groups excluding carboxylic acids is 1. The summed E-state index contributed by atoms with van der Waals surface area (Å²) in [4.78, 5) is 11.5. The fraction of sp³-hybridized carbons (Fsp3) is 0.467. The van der Waals surface area contributed by atoms with Crippen molar-refractivity contribution in [2.75, 3.05) is 5.32 Å². The molecule has 0 fully saturated rings. The number of thiocarbonyl (C=S) groups is 1. The average Bonchev–Trinajstić information content (AvgIpc) is 2.37. The van der Waals surface area contributed by atoms with Gasteiger partial charge in [-0.05, 0) is 42.8 Å². The fourth-order valence-electron chi connectivity index (χ4n) is 1.55. The molecule has 2 N–H and O–H groups in total. The molecule has 19 heavy (non-hydrogen) atoms. The average molecular weight is 278 g/mol. The lowest BCUT2D eigenvalue weighted by molar-refractivity contribution is -0.122. The van der Waals surface area contributed by atoms with Crippen molar-refractivity contribution >= 4 is 28.9 Å². The molecule has 0 saturated carbocycles. The van der Waals surface area contributed by atoms with E-state index in [0.717, 1.165) is 12.1 Å². The van der Waals surface area contributed by atoms with Crippen LogP contribution < -0.4 is 10.6 Å². The highest BCUT2D eigenvalue weighted by atomic mass is 32.1. The molecule has 4 heteroatoms. The van der Waals surface area contributed by atoms with Gasteiger partial charge in [-0.25, -0.2) is 0 Å². The Morgan fingerprint density at radius 3 is 2.42 bits per heavy atom. The minimum atomic E-state index is -0.0730. The van der Waals surface area contributed by atoms with Gasteiger partial charge in [0.25, 0.3) is 0 Å². The second kappa shape index (κ2) is 7.89. The van der Waals surface area contributed by atoms with Crippen LogP contribution in [0.3, 0.4) is 0 Å². The highest BCUT2D eigenvalue weighted by Crippen LogP contribution is 2.11. The molecule has 0 radical (unpaired) electrons. The van der Waals surface area contributed by atoms with Crippen molar-refractivity contribution in [2.24, 2.45) is 5.92 Å². The first-order valence-corrected chi connectivity index (χ1v) is 7.14. The third-order valence-electron chi connectivity index (χ3n) is 2.79. The van der Waals surface area contributed by atoms with E-state index in [1.165, 1.54) is 18.4 Å². The van der Waals surface area contributed by atoms with Crippen LogP contribution in [0.15, 0.2) is 24.3 Å². The van der Waals surface area contributed by atoms with Gasteiger partial charge in [0, 0.05) is 11.6 Å². The van der Waals surface area contributed by atoms with Crippen LogP contribution in [-0.4, -0.2) is 11.0 Å². The molecule has 3 nitrogen and oxygen atoms in total. The van der Waals surface area contributed by atoms with E-state index >= 15 is 0 Å². The van der Waals surface area contributed by atoms with E-state index in [9.17, 15) is 4.79 Å². The van der Waals surface area contributed by atoms with E-state index in [0.29, 0.717) is 5.11 Å². The number of hydrogen-bond donors (Lipinski definition) is 2. The number of amides is 1. The van der Waals surface area contributed by atoms with Gasteiger partial charge in [-0.3, -0.25) is 4.79 Å². The summed E-state index contributed by atoms with van der Waals surface area (Å²) in [6.07, 6.45) is 3.51. The molecule has 0 aliphatic carbocycles. The predicted octanol–water partition coefficient (Wildman–Crippen LogP) is 3.50. The summed E-state index contributed by atoms with van der Waals surface area (Å²) < 4.78 is 0. The molecule has 104 valence electrons. The minimum absolute atomic E-state index is 0.0722. The molecule has 0 atom stereocenters. The summed E-state index contributed by atoms with van der Waals surface area (Å²) in [5, 5.41) is 6.02. The SMILES string of the molecule is CCCCc1ccc(NC(=S)NC(=O)C(C)C)cc1. The second-order valence-corrected chi connectivity index (χ2v) is 5.31. The maximum absolute atomic E-state index is 11.5. The molecule has 0 aromatic heterocycles. The molecule has 0 aliphatic heterocycles. The third-order valence-corrected chi connectivity index (χ3v) is 3.00. The number of rotatable bonds is 5. The van der Waals surface area contributed by atoms with Gasteiger partial charge in [-0.1, -0.05) is 39.3 Å². The van der Waals surface area contributed by atoms with Crippen molar-refractivity contribution < 1.29 is 4.79 Å². The first-order chi connectivity index (χ1) is 9.02. The minimum Gasteiger partial charge on any atom is -0.332 e. The lowest BCUT2D eigenvalue weighted by Gasteiger charge is -2.11. The van der Waals surface area contributed by atoms with Crippen LogP contribution in [0.25, 0.3) is 0 Å². The summed E-state index contributed by atoms with van der Waals surface area (Å²) >= 11 is 5.09. The van der Waals surface area contributed by atoms with Crippen LogP contribution >= 0.6 is 12.2 Å². The van der Waals surface area contributed by atoms with Crippen molar-refractivity contribution in [3.05, 3.63) is 29.8 Å². The summed E-state index contributed by atoms with van der Waals surface area (Å²) in [7, 11) is 0. The molecule has 0 saturated heterocycles. The second-order valence-electron chi connectivity index (χ2n) is 4.90. The zero-order valence-electron chi connectivity index (χ0n) is 11.8. The highest BCUT2D eigenvalue weighted by Gasteiger charge is 2.08. The standard InChI is InChI=1S/C15H22N2OS/c1-4-5-6-12-7-9-13(10-8-12)16-15(19)17-14(18)11(2)3/h7-11H,4-6H2,1-3H3,(H2,16,17,18,19). The summed E-state index contributed by atoms with van der Waals surface area (Å²) in [5.41, 5.74) is 2.22. The van der Waals surface area contributed by atoms with Crippen molar-refractivity contribution in [2.45, 2.75) is 40.0 Å². The van der Waals surface area contributed by atoms with Crippen LogP contribution in [0, 0.1) is 5.92 Å². The molecule has 0 unspecified atom stereocenters. The number of hydrogen-bond acceptors (Lipinski definition) is 2. The van der Waals surface area contributed by atoms with Gasteiger partial charge in [0.15, 0.2) is 5.11 Å². The lowest BCUT2D eigenvalue weighted by atomic mass is 10.1. The number of benzene rings is 1. The Morgan fingerprint density at radius 1 is 1.26 bits per heavy atom.